The molecule has 1 N–H and O–H groups in total. The van der Waals surface area contributed by atoms with Crippen molar-refractivity contribution in [1.82, 2.24) is 9.97 Å². The van der Waals surface area contributed by atoms with E-state index in [4.69, 9.17) is 0 Å². The molecule has 0 fully saturated rings. The largest absolute Gasteiger partial charge is 0.362 e. The second kappa shape index (κ2) is 5.80. The van der Waals surface area contributed by atoms with Gasteiger partial charge in [-0.1, -0.05) is 13.8 Å². The molecule has 2 heterocycles. The van der Waals surface area contributed by atoms with Crippen LogP contribution in [-0.2, 0) is 6.42 Å². The van der Waals surface area contributed by atoms with E-state index in [1.165, 1.54) is 9.88 Å². The van der Waals surface area contributed by atoms with Crippen molar-refractivity contribution in [1.29, 1.82) is 0 Å². The summed E-state index contributed by atoms with van der Waals surface area (Å²) in [5.74, 6) is 0.649. The predicted octanol–water partition coefficient (Wildman–Crippen LogP) is 4.21. The number of aromatic nitrogens is 2. The Morgan fingerprint density at radius 1 is 1.33 bits per heavy atom. The van der Waals surface area contributed by atoms with Crippen molar-refractivity contribution < 1.29 is 0 Å². The van der Waals surface area contributed by atoms with Gasteiger partial charge in [-0.25, -0.2) is 9.97 Å². The van der Waals surface area contributed by atoms with Crippen LogP contribution in [0.1, 0.15) is 31.5 Å². The van der Waals surface area contributed by atoms with Crippen molar-refractivity contribution >= 4 is 27.8 Å². The van der Waals surface area contributed by atoms with Crippen molar-refractivity contribution in [2.45, 2.75) is 34.1 Å². The van der Waals surface area contributed by atoms with E-state index in [-0.39, 0.29) is 0 Å². The van der Waals surface area contributed by atoms with E-state index in [2.05, 4.69) is 48.4 Å². The smallest absolute Gasteiger partial charge is 0.183 e. The average molecular weight is 281 g/mol. The number of nitrogens with one attached hydrogen (secondary N) is 1. The van der Waals surface area contributed by atoms with Gasteiger partial charge in [0, 0.05) is 18.3 Å². The van der Waals surface area contributed by atoms with Gasteiger partial charge in [0.1, 0.15) is 0 Å². The van der Waals surface area contributed by atoms with Crippen LogP contribution in [-0.4, -0.2) is 16.5 Å². The molecule has 0 bridgehead atoms. The molecule has 0 amide bonds. The lowest BCUT2D eigenvalue weighted by atomic mass is 10.1. The number of nitrogens with zero attached hydrogens (tertiary/aromatic N) is 2. The molecule has 0 aliphatic rings. The molecule has 18 heavy (non-hydrogen) atoms. The van der Waals surface area contributed by atoms with E-state index in [1.807, 2.05) is 0 Å². The molecule has 0 spiro atoms. The minimum absolute atomic E-state index is 0.649. The summed E-state index contributed by atoms with van der Waals surface area (Å²) in [4.78, 5) is 10.5. The second-order valence-corrected chi connectivity index (χ2v) is 6.63. The number of rotatable bonds is 5. The Kier molecular flexibility index (Phi) is 4.35. The average Bonchev–Trinajstić information content (AvgIpc) is 2.85. The van der Waals surface area contributed by atoms with Crippen LogP contribution in [0.3, 0.4) is 0 Å². The second-order valence-electron chi connectivity index (χ2n) is 4.69. The van der Waals surface area contributed by atoms with Crippen LogP contribution in [0.15, 0.2) is 5.38 Å². The van der Waals surface area contributed by atoms with Crippen LogP contribution in [0.25, 0.3) is 10.6 Å². The van der Waals surface area contributed by atoms with E-state index in [1.54, 1.807) is 22.7 Å². The van der Waals surface area contributed by atoms with Crippen LogP contribution in [0.5, 0.6) is 0 Å². The fourth-order valence-electron chi connectivity index (χ4n) is 1.74. The fraction of sp³-hybridized carbons (Fsp3) is 0.538. The summed E-state index contributed by atoms with van der Waals surface area (Å²) < 4.78 is 0. The van der Waals surface area contributed by atoms with Gasteiger partial charge in [0.15, 0.2) is 5.13 Å². The monoisotopic (exact) mass is 281 g/mol. The van der Waals surface area contributed by atoms with Gasteiger partial charge in [0.25, 0.3) is 0 Å². The van der Waals surface area contributed by atoms with Crippen molar-refractivity contribution in [2.24, 2.45) is 5.92 Å². The topological polar surface area (TPSA) is 37.8 Å². The quantitative estimate of drug-likeness (QED) is 0.892. The zero-order valence-electron chi connectivity index (χ0n) is 11.3. The lowest BCUT2D eigenvalue weighted by molar-refractivity contribution is 0.643. The van der Waals surface area contributed by atoms with Crippen LogP contribution in [0, 0.1) is 12.8 Å². The third-order valence-electron chi connectivity index (χ3n) is 2.49. The van der Waals surface area contributed by atoms with E-state index < -0.39 is 0 Å². The Balaban J connectivity index is 2.23. The first-order chi connectivity index (χ1) is 8.60. The molecular formula is C13H19N3S2. The van der Waals surface area contributed by atoms with E-state index in [0.29, 0.717) is 5.92 Å². The lowest BCUT2D eigenvalue weighted by Gasteiger charge is -1.98. The molecule has 2 rings (SSSR count). The minimum atomic E-state index is 0.649. The Morgan fingerprint density at radius 2 is 2.11 bits per heavy atom. The summed E-state index contributed by atoms with van der Waals surface area (Å²) in [5, 5.41) is 7.57. The molecule has 0 saturated heterocycles. The highest BCUT2D eigenvalue weighted by Crippen LogP contribution is 2.33. The molecule has 2 aromatic rings. The number of hydrogen-bond acceptors (Lipinski definition) is 5. The van der Waals surface area contributed by atoms with Gasteiger partial charge in [-0.05, 0) is 19.8 Å². The molecule has 0 atom stereocenters. The maximum atomic E-state index is 4.65. The molecule has 98 valence electrons. The zero-order valence-corrected chi connectivity index (χ0v) is 12.9. The highest BCUT2D eigenvalue weighted by Gasteiger charge is 2.13. The van der Waals surface area contributed by atoms with Crippen molar-refractivity contribution in [3.8, 4) is 10.6 Å². The summed E-state index contributed by atoms with van der Waals surface area (Å²) in [6.45, 7) is 9.51. The van der Waals surface area contributed by atoms with Crippen LogP contribution in [0.4, 0.5) is 5.13 Å². The zero-order chi connectivity index (χ0) is 13.1. The van der Waals surface area contributed by atoms with Crippen LogP contribution < -0.4 is 5.32 Å². The molecule has 0 aromatic carbocycles. The van der Waals surface area contributed by atoms with Gasteiger partial charge in [-0.15, -0.1) is 22.7 Å². The summed E-state index contributed by atoms with van der Waals surface area (Å²) in [7, 11) is 0. The maximum absolute atomic E-state index is 4.65. The Hall–Kier alpha value is -0.940. The Morgan fingerprint density at radius 3 is 2.78 bits per heavy atom. The standard InChI is InChI=1S/C13H19N3S2/c1-5-14-13-16-10(7-17-13)12-9(4)15-11(18-12)6-8(2)3/h7-8H,5-6H2,1-4H3,(H,14,16). The van der Waals surface area contributed by atoms with Gasteiger partial charge in [0.05, 0.1) is 21.3 Å². The Bertz CT molecular complexity index is 514. The fourth-order valence-corrected chi connectivity index (χ4v) is 3.82. The predicted molar refractivity (Wildman–Crippen MR) is 80.7 cm³/mol. The van der Waals surface area contributed by atoms with Gasteiger partial charge < -0.3 is 5.32 Å². The van der Waals surface area contributed by atoms with Gasteiger partial charge in [-0.3, -0.25) is 0 Å². The summed E-state index contributed by atoms with van der Waals surface area (Å²) in [5.41, 5.74) is 2.16. The minimum Gasteiger partial charge on any atom is -0.362 e. The van der Waals surface area contributed by atoms with Gasteiger partial charge >= 0.3 is 0 Å². The molecule has 0 aliphatic carbocycles. The van der Waals surface area contributed by atoms with Gasteiger partial charge in [0.2, 0.25) is 0 Å². The lowest BCUT2D eigenvalue weighted by Crippen LogP contribution is -1.94. The van der Waals surface area contributed by atoms with Crippen molar-refractivity contribution in [2.75, 3.05) is 11.9 Å². The third-order valence-corrected chi connectivity index (χ3v) is 4.49. The van der Waals surface area contributed by atoms with E-state index in [0.717, 1.165) is 29.5 Å². The molecule has 0 saturated carbocycles. The van der Waals surface area contributed by atoms with Crippen LogP contribution >= 0.6 is 22.7 Å². The SMILES string of the molecule is CCNc1nc(-c2sc(CC(C)C)nc2C)cs1. The van der Waals surface area contributed by atoms with Gasteiger partial charge in [-0.2, -0.15) is 0 Å². The van der Waals surface area contributed by atoms with Crippen molar-refractivity contribution in [3.63, 3.8) is 0 Å². The normalized spacial score (nSPS) is 11.2. The Labute approximate surface area is 116 Å². The summed E-state index contributed by atoms with van der Waals surface area (Å²) >= 11 is 3.44. The molecule has 5 heteroatoms. The highest BCUT2D eigenvalue weighted by molar-refractivity contribution is 7.16. The first-order valence-corrected chi connectivity index (χ1v) is 7.95. The summed E-state index contributed by atoms with van der Waals surface area (Å²) in [6.07, 6.45) is 1.05. The maximum Gasteiger partial charge on any atom is 0.183 e. The van der Waals surface area contributed by atoms with E-state index in [9.17, 15) is 0 Å². The first-order valence-electron chi connectivity index (χ1n) is 6.26. The third kappa shape index (κ3) is 3.09. The van der Waals surface area contributed by atoms with Crippen LogP contribution in [0.2, 0.25) is 0 Å². The number of thiazole rings is 2. The molecule has 2 aromatic heterocycles. The molecule has 3 nitrogen and oxygen atoms in total. The van der Waals surface area contributed by atoms with Crippen molar-refractivity contribution in [3.05, 3.63) is 16.1 Å². The summed E-state index contributed by atoms with van der Waals surface area (Å²) in [6, 6.07) is 0. The highest BCUT2D eigenvalue weighted by atomic mass is 32.1. The number of anilines is 1. The molecule has 0 radical (unpaired) electrons. The van der Waals surface area contributed by atoms with E-state index >= 15 is 0 Å². The first kappa shape index (κ1) is 13.5. The molecular weight excluding hydrogens is 262 g/mol. The number of aryl methyl sites for hydroxylation is 1. The number of hydrogen-bond donors (Lipinski definition) is 1. The molecule has 0 aliphatic heterocycles. The molecule has 0 unspecified atom stereocenters.